The van der Waals surface area contributed by atoms with Crippen LogP contribution in [-0.2, 0) is 11.2 Å². The fourth-order valence-electron chi connectivity index (χ4n) is 4.82. The van der Waals surface area contributed by atoms with Crippen molar-refractivity contribution in [2.24, 2.45) is 11.3 Å². The van der Waals surface area contributed by atoms with Gasteiger partial charge in [-0.1, -0.05) is 13.8 Å². The van der Waals surface area contributed by atoms with Crippen LogP contribution in [0.15, 0.2) is 10.9 Å². The summed E-state index contributed by atoms with van der Waals surface area (Å²) in [5.74, 6) is 0.324. The first-order chi connectivity index (χ1) is 13.8. The second kappa shape index (κ2) is 8.03. The normalized spacial score (nSPS) is 23.1. The minimum absolute atomic E-state index is 0.00534. The van der Waals surface area contributed by atoms with Crippen molar-refractivity contribution in [1.82, 2.24) is 14.8 Å². The molecule has 3 heterocycles. The smallest absolute Gasteiger partial charge is 0.261 e. The van der Waals surface area contributed by atoms with Crippen molar-refractivity contribution in [3.05, 3.63) is 33.2 Å². The van der Waals surface area contributed by atoms with Crippen molar-refractivity contribution in [2.45, 2.75) is 39.5 Å². The summed E-state index contributed by atoms with van der Waals surface area (Å²) in [6.07, 6.45) is 2.97. The number of ether oxygens (including phenoxy) is 1. The van der Waals surface area contributed by atoms with Gasteiger partial charge in [0.2, 0.25) is 0 Å². The maximum Gasteiger partial charge on any atom is 0.261 e. The summed E-state index contributed by atoms with van der Waals surface area (Å²) in [6, 6.07) is 1.54. The van der Waals surface area contributed by atoms with Crippen molar-refractivity contribution in [3.63, 3.8) is 0 Å². The van der Waals surface area contributed by atoms with E-state index in [-0.39, 0.29) is 28.2 Å². The molecule has 7 nitrogen and oxygen atoms in total. The molecule has 2 aliphatic heterocycles. The lowest BCUT2D eigenvalue weighted by Gasteiger charge is -2.36. The Kier molecular flexibility index (Phi) is 5.62. The highest BCUT2D eigenvalue weighted by molar-refractivity contribution is 6.02. The van der Waals surface area contributed by atoms with E-state index in [4.69, 9.17) is 4.74 Å². The molecule has 29 heavy (non-hydrogen) atoms. The average Bonchev–Trinajstić information content (AvgIpc) is 2.67. The number of aromatic amines is 1. The molecule has 2 fully saturated rings. The minimum atomic E-state index is -0.380. The van der Waals surface area contributed by atoms with Crippen LogP contribution in [-0.4, -0.2) is 72.4 Å². The lowest BCUT2D eigenvalue weighted by molar-refractivity contribution is 0.0242. The molecule has 2 saturated heterocycles. The van der Waals surface area contributed by atoms with Crippen LogP contribution in [0.5, 0.6) is 0 Å². The summed E-state index contributed by atoms with van der Waals surface area (Å²) < 4.78 is 5.40. The SMILES string of the molecule is CC1(C)CC(=O)c2cc(C(=O)N3CCC(CN4CCOCC4)CC3)c(=O)[nH]c2C1. The van der Waals surface area contributed by atoms with Gasteiger partial charge in [-0.25, -0.2) is 0 Å². The number of pyridine rings is 1. The summed E-state index contributed by atoms with van der Waals surface area (Å²) >= 11 is 0. The Balaban J connectivity index is 1.42. The van der Waals surface area contributed by atoms with Crippen molar-refractivity contribution in [3.8, 4) is 0 Å². The molecule has 0 saturated carbocycles. The van der Waals surface area contributed by atoms with Gasteiger partial charge in [-0.15, -0.1) is 0 Å². The van der Waals surface area contributed by atoms with E-state index in [1.807, 2.05) is 13.8 Å². The number of aromatic nitrogens is 1. The third-order valence-corrected chi connectivity index (χ3v) is 6.47. The third-order valence-electron chi connectivity index (χ3n) is 6.47. The number of rotatable bonds is 3. The number of likely N-dealkylation sites (tertiary alicyclic amines) is 1. The molecule has 1 aromatic heterocycles. The van der Waals surface area contributed by atoms with E-state index in [9.17, 15) is 14.4 Å². The molecule has 158 valence electrons. The Morgan fingerprint density at radius 1 is 1.14 bits per heavy atom. The van der Waals surface area contributed by atoms with Crippen LogP contribution in [0.3, 0.4) is 0 Å². The van der Waals surface area contributed by atoms with E-state index in [2.05, 4.69) is 9.88 Å². The molecule has 0 atom stereocenters. The number of hydrogen-bond acceptors (Lipinski definition) is 5. The first-order valence-corrected chi connectivity index (χ1v) is 10.7. The molecule has 0 radical (unpaired) electrons. The van der Waals surface area contributed by atoms with Crippen LogP contribution >= 0.6 is 0 Å². The Morgan fingerprint density at radius 3 is 2.52 bits per heavy atom. The summed E-state index contributed by atoms with van der Waals surface area (Å²) in [5, 5.41) is 0. The first kappa shape index (κ1) is 20.3. The molecule has 0 aromatic carbocycles. The van der Waals surface area contributed by atoms with Gasteiger partial charge in [0.1, 0.15) is 5.56 Å². The second-order valence-electron chi connectivity index (χ2n) is 9.49. The Hall–Kier alpha value is -1.99. The molecule has 1 aromatic rings. The summed E-state index contributed by atoms with van der Waals surface area (Å²) in [7, 11) is 0. The highest BCUT2D eigenvalue weighted by Gasteiger charge is 2.34. The number of nitrogens with zero attached hydrogens (tertiary/aromatic N) is 2. The highest BCUT2D eigenvalue weighted by Crippen LogP contribution is 2.33. The lowest BCUT2D eigenvalue weighted by Crippen LogP contribution is -2.45. The van der Waals surface area contributed by atoms with Crippen LogP contribution in [0.4, 0.5) is 0 Å². The molecule has 0 spiro atoms. The second-order valence-corrected chi connectivity index (χ2v) is 9.49. The van der Waals surface area contributed by atoms with Gasteiger partial charge < -0.3 is 14.6 Å². The van der Waals surface area contributed by atoms with Crippen LogP contribution in [0.1, 0.15) is 59.5 Å². The quantitative estimate of drug-likeness (QED) is 0.834. The predicted octanol–water partition coefficient (Wildman–Crippen LogP) is 1.71. The van der Waals surface area contributed by atoms with Crippen molar-refractivity contribution < 1.29 is 14.3 Å². The van der Waals surface area contributed by atoms with Gasteiger partial charge in [0.05, 0.1) is 13.2 Å². The summed E-state index contributed by atoms with van der Waals surface area (Å²) in [6.45, 7) is 9.97. The van der Waals surface area contributed by atoms with Crippen LogP contribution < -0.4 is 5.56 Å². The lowest BCUT2D eigenvalue weighted by atomic mass is 9.75. The fourth-order valence-corrected chi connectivity index (χ4v) is 4.82. The van der Waals surface area contributed by atoms with Crippen molar-refractivity contribution in [2.75, 3.05) is 45.9 Å². The molecular weight excluding hydrogens is 370 g/mol. The molecule has 1 N–H and O–H groups in total. The number of hydrogen-bond donors (Lipinski definition) is 1. The maximum absolute atomic E-state index is 13.0. The summed E-state index contributed by atoms with van der Waals surface area (Å²) in [4.78, 5) is 45.2. The van der Waals surface area contributed by atoms with E-state index in [1.165, 1.54) is 6.07 Å². The van der Waals surface area contributed by atoms with Crippen molar-refractivity contribution in [1.29, 1.82) is 0 Å². The van der Waals surface area contributed by atoms with Crippen LogP contribution in [0.25, 0.3) is 0 Å². The Labute approximate surface area is 171 Å². The number of ketones is 1. The average molecular weight is 402 g/mol. The van der Waals surface area contributed by atoms with Gasteiger partial charge in [-0.2, -0.15) is 0 Å². The van der Waals surface area contributed by atoms with Crippen LogP contribution in [0.2, 0.25) is 0 Å². The van der Waals surface area contributed by atoms with E-state index in [1.54, 1.807) is 4.90 Å². The topological polar surface area (TPSA) is 82.7 Å². The number of H-pyrrole nitrogens is 1. The molecule has 1 amide bonds. The van der Waals surface area contributed by atoms with E-state index < -0.39 is 0 Å². The zero-order valence-electron chi connectivity index (χ0n) is 17.5. The number of fused-ring (bicyclic) bond motifs is 1. The zero-order chi connectivity index (χ0) is 20.6. The van der Waals surface area contributed by atoms with Gasteiger partial charge >= 0.3 is 0 Å². The Morgan fingerprint density at radius 2 is 1.83 bits per heavy atom. The van der Waals surface area contributed by atoms with Crippen LogP contribution in [0, 0.1) is 11.3 Å². The monoisotopic (exact) mass is 401 g/mol. The molecule has 1 aliphatic carbocycles. The number of amides is 1. The largest absolute Gasteiger partial charge is 0.379 e. The van der Waals surface area contributed by atoms with E-state index in [0.717, 1.165) is 45.7 Å². The number of piperidine rings is 1. The minimum Gasteiger partial charge on any atom is -0.379 e. The molecular formula is C22H31N3O4. The fraction of sp³-hybridized carbons (Fsp3) is 0.682. The van der Waals surface area contributed by atoms with Gasteiger partial charge in [-0.3, -0.25) is 19.3 Å². The highest BCUT2D eigenvalue weighted by atomic mass is 16.5. The first-order valence-electron chi connectivity index (χ1n) is 10.7. The molecule has 0 bridgehead atoms. The number of Topliss-reactive ketones (excluding diaryl/α,β-unsaturated/α-hetero) is 1. The number of carbonyl (C=O) groups excluding carboxylic acids is 2. The third kappa shape index (κ3) is 4.46. The maximum atomic E-state index is 13.0. The predicted molar refractivity (Wildman–Crippen MR) is 109 cm³/mol. The molecule has 7 heteroatoms. The summed E-state index contributed by atoms with van der Waals surface area (Å²) in [5.41, 5.74) is 0.727. The van der Waals surface area contributed by atoms with E-state index >= 15 is 0 Å². The van der Waals surface area contributed by atoms with Gasteiger partial charge in [-0.05, 0) is 36.7 Å². The Bertz CT molecular complexity index is 846. The zero-order valence-corrected chi connectivity index (χ0v) is 17.5. The van der Waals surface area contributed by atoms with E-state index in [0.29, 0.717) is 43.1 Å². The van der Waals surface area contributed by atoms with Gasteiger partial charge in [0.15, 0.2) is 5.78 Å². The molecule has 4 rings (SSSR count). The molecule has 3 aliphatic rings. The van der Waals surface area contributed by atoms with Gasteiger partial charge in [0, 0.05) is 50.4 Å². The van der Waals surface area contributed by atoms with Gasteiger partial charge in [0.25, 0.3) is 11.5 Å². The number of morpholine rings is 1. The standard InChI is InChI=1S/C22H31N3O4/c1-22(2)12-18-16(19(26)13-22)11-17(20(27)23-18)21(28)25-5-3-15(4-6-25)14-24-7-9-29-10-8-24/h11,15H,3-10,12-14H2,1-2H3,(H,23,27). The number of carbonyl (C=O) groups is 2. The molecule has 0 unspecified atom stereocenters. The number of nitrogens with one attached hydrogen (secondary N) is 1. The van der Waals surface area contributed by atoms with Crippen molar-refractivity contribution >= 4 is 11.7 Å².